The zero-order valence-electron chi connectivity index (χ0n) is 14.8. The number of aromatic nitrogens is 1. The normalized spacial score (nSPS) is 20.7. The third kappa shape index (κ3) is 4.24. The molecule has 1 heterocycles. The third-order valence-electron chi connectivity index (χ3n) is 4.72. The molecule has 0 saturated carbocycles. The number of halogens is 9. The number of carbonyl (C=O) groups excluding carboxylic acids is 1. The van der Waals surface area contributed by atoms with E-state index in [0.717, 1.165) is 0 Å². The Kier molecular flexibility index (Phi) is 5.34. The maximum absolute atomic E-state index is 13.0. The van der Waals surface area contributed by atoms with Gasteiger partial charge in [-0.2, -0.15) is 39.5 Å². The van der Waals surface area contributed by atoms with E-state index in [2.05, 4.69) is 4.98 Å². The standard InChI is InChI=1S/C18H10F9NO3/c19-16(20,21)7-1-2-8-9(5-7)15(31)12(14(8)30)13(29)6-3-10(17(22,23)24)28-11(4-6)18(25,26)27/h1-5,12-13,15,29,31H. The predicted octanol–water partition coefficient (Wildman–Crippen LogP) is 4.72. The number of pyridine rings is 1. The van der Waals surface area contributed by atoms with E-state index in [1.165, 1.54) is 0 Å². The van der Waals surface area contributed by atoms with Crippen LogP contribution in [-0.4, -0.2) is 21.0 Å². The highest BCUT2D eigenvalue weighted by atomic mass is 19.4. The monoisotopic (exact) mass is 459 g/mol. The Morgan fingerprint density at radius 3 is 1.81 bits per heavy atom. The second-order valence-electron chi connectivity index (χ2n) is 6.75. The zero-order chi connectivity index (χ0) is 23.5. The molecule has 1 aliphatic rings. The lowest BCUT2D eigenvalue weighted by Crippen LogP contribution is -2.24. The van der Waals surface area contributed by atoms with Crippen molar-refractivity contribution < 1.29 is 54.5 Å². The summed E-state index contributed by atoms with van der Waals surface area (Å²) in [5.41, 5.74) is -7.27. The van der Waals surface area contributed by atoms with E-state index in [0.29, 0.717) is 18.2 Å². The van der Waals surface area contributed by atoms with Gasteiger partial charge in [0.25, 0.3) is 0 Å². The van der Waals surface area contributed by atoms with E-state index >= 15 is 0 Å². The predicted molar refractivity (Wildman–Crippen MR) is 83.4 cm³/mol. The van der Waals surface area contributed by atoms with E-state index in [9.17, 15) is 54.5 Å². The maximum atomic E-state index is 13.0. The van der Waals surface area contributed by atoms with Gasteiger partial charge in [0.1, 0.15) is 11.4 Å². The number of benzene rings is 1. The number of rotatable bonds is 2. The van der Waals surface area contributed by atoms with E-state index in [4.69, 9.17) is 0 Å². The molecule has 0 fully saturated rings. The van der Waals surface area contributed by atoms with Crippen LogP contribution in [0.1, 0.15) is 50.6 Å². The average molecular weight is 459 g/mol. The Morgan fingerprint density at radius 2 is 1.35 bits per heavy atom. The lowest BCUT2D eigenvalue weighted by atomic mass is 9.90. The van der Waals surface area contributed by atoms with Crippen molar-refractivity contribution in [2.24, 2.45) is 5.92 Å². The molecule has 3 unspecified atom stereocenters. The molecule has 31 heavy (non-hydrogen) atoms. The maximum Gasteiger partial charge on any atom is 0.433 e. The van der Waals surface area contributed by atoms with Crippen molar-refractivity contribution in [3.63, 3.8) is 0 Å². The van der Waals surface area contributed by atoms with Gasteiger partial charge in [0.05, 0.1) is 23.7 Å². The van der Waals surface area contributed by atoms with Crippen LogP contribution in [0.3, 0.4) is 0 Å². The van der Waals surface area contributed by atoms with Crippen LogP contribution >= 0.6 is 0 Å². The summed E-state index contributed by atoms with van der Waals surface area (Å²) in [5, 5.41) is 20.7. The van der Waals surface area contributed by atoms with Crippen LogP contribution in [0.25, 0.3) is 0 Å². The lowest BCUT2D eigenvalue weighted by molar-refractivity contribution is -0.150. The van der Waals surface area contributed by atoms with Gasteiger partial charge in [-0.15, -0.1) is 0 Å². The minimum absolute atomic E-state index is 0.0734. The molecule has 2 aromatic rings. The molecule has 2 N–H and O–H groups in total. The molecule has 1 aromatic heterocycles. The topological polar surface area (TPSA) is 70.4 Å². The molecule has 3 atom stereocenters. The summed E-state index contributed by atoms with van der Waals surface area (Å²) < 4.78 is 116. The molecule has 0 spiro atoms. The fourth-order valence-electron chi connectivity index (χ4n) is 3.26. The number of nitrogens with zero attached hydrogens (tertiary/aromatic N) is 1. The van der Waals surface area contributed by atoms with Gasteiger partial charge in [0.15, 0.2) is 5.78 Å². The van der Waals surface area contributed by atoms with Crippen molar-refractivity contribution in [3.05, 3.63) is 64.0 Å². The Labute approximate surface area is 166 Å². The Hall–Kier alpha value is -2.67. The first kappa shape index (κ1) is 23.0. The number of hydrogen-bond acceptors (Lipinski definition) is 4. The number of carbonyl (C=O) groups is 1. The zero-order valence-corrected chi connectivity index (χ0v) is 14.8. The SMILES string of the molecule is O=C1c2ccc(C(F)(F)F)cc2C(O)C1C(O)c1cc(C(F)(F)F)nc(C(F)(F)F)c1. The minimum Gasteiger partial charge on any atom is -0.388 e. The number of aliphatic hydroxyl groups is 2. The molecular weight excluding hydrogens is 449 g/mol. The number of Topliss-reactive ketones (excluding diaryl/α,β-unsaturated/α-hetero) is 1. The molecule has 1 aromatic carbocycles. The van der Waals surface area contributed by atoms with Gasteiger partial charge in [-0.25, -0.2) is 4.98 Å². The van der Waals surface area contributed by atoms with Crippen LogP contribution < -0.4 is 0 Å². The molecule has 1 aliphatic carbocycles. The summed E-state index contributed by atoms with van der Waals surface area (Å²) in [7, 11) is 0. The van der Waals surface area contributed by atoms with Gasteiger partial charge >= 0.3 is 18.5 Å². The molecule has 3 rings (SSSR count). The van der Waals surface area contributed by atoms with Crippen LogP contribution in [0.5, 0.6) is 0 Å². The fourth-order valence-corrected chi connectivity index (χ4v) is 3.26. The lowest BCUT2D eigenvalue weighted by Gasteiger charge is -2.22. The molecule has 0 amide bonds. The third-order valence-corrected chi connectivity index (χ3v) is 4.72. The molecular formula is C18H10F9NO3. The van der Waals surface area contributed by atoms with E-state index in [-0.39, 0.29) is 12.1 Å². The van der Waals surface area contributed by atoms with Gasteiger partial charge in [-0.3, -0.25) is 4.79 Å². The van der Waals surface area contributed by atoms with E-state index in [1.807, 2.05) is 0 Å². The van der Waals surface area contributed by atoms with Crippen molar-refractivity contribution in [2.75, 3.05) is 0 Å². The van der Waals surface area contributed by atoms with Crippen molar-refractivity contribution in [3.8, 4) is 0 Å². The Balaban J connectivity index is 2.07. The molecule has 0 radical (unpaired) electrons. The quantitative estimate of drug-likeness (QED) is 0.638. The van der Waals surface area contributed by atoms with Gasteiger partial charge in [-0.1, -0.05) is 6.07 Å². The smallest absolute Gasteiger partial charge is 0.388 e. The van der Waals surface area contributed by atoms with Crippen LogP contribution in [0, 0.1) is 5.92 Å². The average Bonchev–Trinajstić information content (AvgIpc) is 2.89. The molecule has 13 heteroatoms. The summed E-state index contributed by atoms with van der Waals surface area (Å²) in [4.78, 5) is 15.0. The first-order chi connectivity index (χ1) is 14.0. The van der Waals surface area contributed by atoms with Crippen molar-refractivity contribution >= 4 is 5.78 Å². The summed E-state index contributed by atoms with van der Waals surface area (Å²) in [6.45, 7) is 0. The highest BCUT2D eigenvalue weighted by molar-refractivity contribution is 6.03. The first-order valence-electron chi connectivity index (χ1n) is 8.29. The Bertz CT molecular complexity index is 995. The molecule has 168 valence electrons. The van der Waals surface area contributed by atoms with Crippen LogP contribution in [0.4, 0.5) is 39.5 Å². The van der Waals surface area contributed by atoms with Crippen molar-refractivity contribution in [1.82, 2.24) is 4.98 Å². The van der Waals surface area contributed by atoms with E-state index in [1.54, 1.807) is 0 Å². The second-order valence-corrected chi connectivity index (χ2v) is 6.75. The highest BCUT2D eigenvalue weighted by Gasteiger charge is 2.46. The summed E-state index contributed by atoms with van der Waals surface area (Å²) in [5.74, 6) is -3.16. The summed E-state index contributed by atoms with van der Waals surface area (Å²) in [6.07, 6.45) is -20.0. The van der Waals surface area contributed by atoms with Crippen LogP contribution in [0.2, 0.25) is 0 Å². The molecule has 0 bridgehead atoms. The van der Waals surface area contributed by atoms with Crippen molar-refractivity contribution in [1.29, 1.82) is 0 Å². The number of fused-ring (bicyclic) bond motifs is 1. The number of alkyl halides is 9. The van der Waals surface area contributed by atoms with Gasteiger partial charge < -0.3 is 10.2 Å². The summed E-state index contributed by atoms with van der Waals surface area (Å²) >= 11 is 0. The molecule has 4 nitrogen and oxygen atoms in total. The number of aliphatic hydroxyl groups excluding tert-OH is 2. The Morgan fingerprint density at radius 1 is 0.839 bits per heavy atom. The first-order valence-corrected chi connectivity index (χ1v) is 8.29. The molecule has 0 aliphatic heterocycles. The van der Waals surface area contributed by atoms with Gasteiger partial charge in [-0.05, 0) is 35.4 Å². The fraction of sp³-hybridized carbons (Fsp3) is 0.333. The summed E-state index contributed by atoms with van der Waals surface area (Å²) in [6, 6.07) is 1.81. The highest BCUT2D eigenvalue weighted by Crippen LogP contribution is 2.45. The molecule has 0 saturated heterocycles. The van der Waals surface area contributed by atoms with Crippen LogP contribution in [-0.2, 0) is 18.5 Å². The number of ketones is 1. The van der Waals surface area contributed by atoms with E-state index < -0.39 is 76.1 Å². The van der Waals surface area contributed by atoms with Crippen LogP contribution in [0.15, 0.2) is 30.3 Å². The second kappa shape index (κ2) is 7.19. The van der Waals surface area contributed by atoms with Crippen molar-refractivity contribution in [2.45, 2.75) is 30.7 Å². The number of hydrogen-bond donors (Lipinski definition) is 2. The minimum atomic E-state index is -5.33. The van der Waals surface area contributed by atoms with Gasteiger partial charge in [0, 0.05) is 5.56 Å². The largest absolute Gasteiger partial charge is 0.433 e. The van der Waals surface area contributed by atoms with Gasteiger partial charge in [0.2, 0.25) is 0 Å².